The molecule has 0 spiro atoms. The monoisotopic (exact) mass is 448 g/mol. The summed E-state index contributed by atoms with van der Waals surface area (Å²) in [5.41, 5.74) is 0.809. The summed E-state index contributed by atoms with van der Waals surface area (Å²) in [4.78, 5) is 12.6. The Morgan fingerprint density at radius 3 is 2.79 bits per heavy atom. The highest BCUT2D eigenvalue weighted by molar-refractivity contribution is 14.0. The lowest BCUT2D eigenvalue weighted by molar-refractivity contribution is 0.152. The van der Waals surface area contributed by atoms with Gasteiger partial charge in [-0.15, -0.1) is 24.0 Å². The Balaban J connectivity index is 0.00000288. The molecule has 0 aromatic carbocycles. The van der Waals surface area contributed by atoms with Gasteiger partial charge in [-0.3, -0.25) is 9.67 Å². The second-order valence-electron chi connectivity index (χ2n) is 4.78. The van der Waals surface area contributed by atoms with E-state index in [0.717, 1.165) is 36.0 Å². The van der Waals surface area contributed by atoms with Crippen molar-refractivity contribution in [1.82, 2.24) is 30.4 Å². The molecule has 0 bridgehead atoms. The predicted octanol–water partition coefficient (Wildman–Crippen LogP) is 0.595. The molecule has 2 aromatic rings. The molecule has 0 aliphatic rings. The van der Waals surface area contributed by atoms with Gasteiger partial charge in [0.15, 0.2) is 11.6 Å². The molecule has 9 nitrogen and oxygen atoms in total. The van der Waals surface area contributed by atoms with E-state index in [1.807, 2.05) is 14.0 Å². The van der Waals surface area contributed by atoms with Crippen LogP contribution in [0.1, 0.15) is 6.92 Å². The fourth-order valence-corrected chi connectivity index (χ4v) is 2.07. The fourth-order valence-electron chi connectivity index (χ4n) is 2.07. The van der Waals surface area contributed by atoms with E-state index in [-0.39, 0.29) is 24.0 Å². The number of ether oxygens (including phenoxy) is 1. The summed E-state index contributed by atoms with van der Waals surface area (Å²) in [5, 5.41) is 14.8. The molecular weight excluding hydrogens is 423 g/mol. The largest absolute Gasteiger partial charge is 0.380 e. The van der Waals surface area contributed by atoms with Gasteiger partial charge in [0.05, 0.1) is 18.2 Å². The van der Waals surface area contributed by atoms with Crippen LogP contribution in [0.2, 0.25) is 0 Å². The maximum absolute atomic E-state index is 5.28. The number of aliphatic imine (C=N–C) groups is 1. The molecule has 2 rings (SSSR count). The molecule has 0 amide bonds. The van der Waals surface area contributed by atoms with Gasteiger partial charge >= 0.3 is 0 Å². The molecule has 0 unspecified atom stereocenters. The van der Waals surface area contributed by atoms with Gasteiger partial charge < -0.3 is 20.7 Å². The third kappa shape index (κ3) is 5.74. The SMILES string of the molecule is CCOCCNC(=NC)NCCNc1ncnc2c1cnn2C.I. The number of nitrogens with one attached hydrogen (secondary N) is 3. The Labute approximate surface area is 158 Å². The number of rotatable bonds is 8. The van der Waals surface area contributed by atoms with Crippen LogP contribution < -0.4 is 16.0 Å². The molecule has 0 aliphatic carbocycles. The number of aryl methyl sites for hydroxylation is 1. The molecule has 0 saturated carbocycles. The van der Waals surface area contributed by atoms with Gasteiger partial charge in [-0.25, -0.2) is 9.97 Å². The van der Waals surface area contributed by atoms with E-state index in [2.05, 4.69) is 36.0 Å². The van der Waals surface area contributed by atoms with E-state index in [0.29, 0.717) is 19.7 Å². The Kier molecular flexibility index (Phi) is 9.30. The number of hydrogen-bond acceptors (Lipinski definition) is 6. The smallest absolute Gasteiger partial charge is 0.191 e. The first-order valence-electron chi connectivity index (χ1n) is 7.65. The van der Waals surface area contributed by atoms with Crippen molar-refractivity contribution in [2.45, 2.75) is 6.92 Å². The van der Waals surface area contributed by atoms with Gasteiger partial charge in [-0.1, -0.05) is 0 Å². The van der Waals surface area contributed by atoms with Crippen molar-refractivity contribution in [3.05, 3.63) is 12.5 Å². The van der Waals surface area contributed by atoms with Crippen LogP contribution in [-0.4, -0.2) is 65.6 Å². The van der Waals surface area contributed by atoms with Crippen LogP contribution in [0.3, 0.4) is 0 Å². The summed E-state index contributed by atoms with van der Waals surface area (Å²) in [6.45, 7) is 5.50. The maximum atomic E-state index is 5.28. The number of hydrogen-bond donors (Lipinski definition) is 3. The lowest BCUT2D eigenvalue weighted by Gasteiger charge is -2.12. The molecule has 0 saturated heterocycles. The molecule has 0 aliphatic heterocycles. The summed E-state index contributed by atoms with van der Waals surface area (Å²) in [7, 11) is 3.60. The number of fused-ring (bicyclic) bond motifs is 1. The van der Waals surface area contributed by atoms with Crippen LogP contribution in [0.25, 0.3) is 11.0 Å². The van der Waals surface area contributed by atoms with Gasteiger partial charge in [0.1, 0.15) is 12.1 Å². The van der Waals surface area contributed by atoms with Crippen molar-refractivity contribution in [2.75, 3.05) is 45.2 Å². The first-order valence-corrected chi connectivity index (χ1v) is 7.65. The molecule has 0 atom stereocenters. The third-order valence-corrected chi connectivity index (χ3v) is 3.21. The van der Waals surface area contributed by atoms with Gasteiger partial charge in [0, 0.05) is 40.3 Å². The quantitative estimate of drug-likeness (QED) is 0.235. The van der Waals surface area contributed by atoms with E-state index < -0.39 is 0 Å². The van der Waals surface area contributed by atoms with Crippen molar-refractivity contribution in [2.24, 2.45) is 12.0 Å². The molecule has 10 heteroatoms. The topological polar surface area (TPSA) is 101 Å². The standard InChI is InChI=1S/C14H24N8O.HI/c1-4-23-8-7-18-14(15-2)17-6-5-16-12-11-9-21-22(3)13(11)20-10-19-12;/h9-10H,4-8H2,1-3H3,(H2,15,17,18)(H,16,19,20);1H. The molecular formula is C14H25IN8O. The fraction of sp³-hybridized carbons (Fsp3) is 0.571. The molecule has 2 aromatic heterocycles. The van der Waals surface area contributed by atoms with Gasteiger partial charge in [0.2, 0.25) is 0 Å². The Morgan fingerprint density at radius 1 is 1.25 bits per heavy atom. The lowest BCUT2D eigenvalue weighted by Crippen LogP contribution is -2.40. The van der Waals surface area contributed by atoms with Crippen LogP contribution >= 0.6 is 24.0 Å². The van der Waals surface area contributed by atoms with Crippen LogP contribution in [0.4, 0.5) is 5.82 Å². The molecule has 3 N–H and O–H groups in total. The van der Waals surface area contributed by atoms with E-state index in [1.54, 1.807) is 17.9 Å². The highest BCUT2D eigenvalue weighted by Crippen LogP contribution is 2.16. The van der Waals surface area contributed by atoms with Gasteiger partial charge in [0.25, 0.3) is 0 Å². The van der Waals surface area contributed by atoms with Crippen LogP contribution in [-0.2, 0) is 11.8 Å². The zero-order valence-corrected chi connectivity index (χ0v) is 16.6. The number of halogens is 1. The zero-order valence-electron chi connectivity index (χ0n) is 14.2. The van der Waals surface area contributed by atoms with E-state index >= 15 is 0 Å². The van der Waals surface area contributed by atoms with Crippen molar-refractivity contribution >= 4 is 46.8 Å². The van der Waals surface area contributed by atoms with Crippen LogP contribution in [0.5, 0.6) is 0 Å². The van der Waals surface area contributed by atoms with Crippen molar-refractivity contribution in [1.29, 1.82) is 0 Å². The summed E-state index contributed by atoms with van der Waals surface area (Å²) < 4.78 is 7.00. The predicted molar refractivity (Wildman–Crippen MR) is 106 cm³/mol. The molecule has 0 radical (unpaired) electrons. The number of aromatic nitrogens is 4. The van der Waals surface area contributed by atoms with Crippen LogP contribution in [0.15, 0.2) is 17.5 Å². The maximum Gasteiger partial charge on any atom is 0.191 e. The van der Waals surface area contributed by atoms with Gasteiger partial charge in [-0.2, -0.15) is 5.10 Å². The first-order chi connectivity index (χ1) is 11.3. The second-order valence-corrected chi connectivity index (χ2v) is 4.78. The molecule has 0 fully saturated rings. The van der Waals surface area contributed by atoms with Crippen molar-refractivity contribution in [3.63, 3.8) is 0 Å². The number of guanidine groups is 1. The lowest BCUT2D eigenvalue weighted by atomic mass is 10.4. The third-order valence-electron chi connectivity index (χ3n) is 3.21. The van der Waals surface area contributed by atoms with Gasteiger partial charge in [-0.05, 0) is 6.92 Å². The van der Waals surface area contributed by atoms with Crippen molar-refractivity contribution in [3.8, 4) is 0 Å². The second kappa shape index (κ2) is 11.0. The Hall–Kier alpha value is -1.69. The summed E-state index contributed by atoms with van der Waals surface area (Å²) in [5.74, 6) is 1.53. The number of anilines is 1. The normalized spacial score (nSPS) is 11.2. The molecule has 134 valence electrons. The minimum absolute atomic E-state index is 0. The van der Waals surface area contributed by atoms with Crippen molar-refractivity contribution < 1.29 is 4.74 Å². The Morgan fingerprint density at radius 2 is 2.04 bits per heavy atom. The minimum atomic E-state index is 0. The zero-order chi connectivity index (χ0) is 16.5. The highest BCUT2D eigenvalue weighted by Gasteiger charge is 2.06. The number of nitrogens with zero attached hydrogens (tertiary/aromatic N) is 5. The summed E-state index contributed by atoms with van der Waals surface area (Å²) in [6, 6.07) is 0. The van der Waals surface area contributed by atoms with E-state index in [9.17, 15) is 0 Å². The van der Waals surface area contributed by atoms with E-state index in [4.69, 9.17) is 4.74 Å². The molecule has 2 heterocycles. The summed E-state index contributed by atoms with van der Waals surface area (Å²) >= 11 is 0. The summed E-state index contributed by atoms with van der Waals surface area (Å²) in [6.07, 6.45) is 3.30. The highest BCUT2D eigenvalue weighted by atomic mass is 127. The average Bonchev–Trinajstić information content (AvgIpc) is 2.95. The van der Waals surface area contributed by atoms with Crippen LogP contribution in [0, 0.1) is 0 Å². The minimum Gasteiger partial charge on any atom is -0.380 e. The van der Waals surface area contributed by atoms with E-state index in [1.165, 1.54) is 6.33 Å². The average molecular weight is 448 g/mol. The molecule has 24 heavy (non-hydrogen) atoms. The first kappa shape index (κ1) is 20.4. The Bertz CT molecular complexity index is 645.